The number of amides is 2. The molecule has 0 unspecified atom stereocenters. The summed E-state index contributed by atoms with van der Waals surface area (Å²) in [6, 6.07) is 10.0. The van der Waals surface area contributed by atoms with Crippen LogP contribution in [0, 0.1) is 0 Å². The van der Waals surface area contributed by atoms with Gasteiger partial charge in [-0.05, 0) is 55.8 Å². The number of nitrogens with one attached hydrogen (secondary N) is 1. The van der Waals surface area contributed by atoms with E-state index in [0.29, 0.717) is 23.7 Å². The lowest BCUT2D eigenvalue weighted by molar-refractivity contribution is -0.140. The van der Waals surface area contributed by atoms with Crippen LogP contribution < -0.4 is 5.32 Å². The molecule has 1 aliphatic rings. The standard InChI is InChI=1S/C20H22N2O4S/c1-14(19(24)22-10-3-2-4-11-22)26-20(25)15-7-5-8-16(13-15)21-18(23)17-9-6-12-27-17/h5-9,12-14H,2-4,10-11H2,1H3,(H,21,23)/t14-/m0/s1. The monoisotopic (exact) mass is 386 g/mol. The molecule has 6 nitrogen and oxygen atoms in total. The molecule has 3 rings (SSSR count). The second-order valence-corrected chi connectivity index (χ2v) is 7.39. The number of rotatable bonds is 5. The van der Waals surface area contributed by atoms with Crippen molar-refractivity contribution in [2.75, 3.05) is 18.4 Å². The Morgan fingerprint density at radius 2 is 1.89 bits per heavy atom. The molecule has 1 N–H and O–H groups in total. The van der Waals surface area contributed by atoms with E-state index in [4.69, 9.17) is 4.74 Å². The van der Waals surface area contributed by atoms with E-state index in [1.165, 1.54) is 11.3 Å². The normalized spacial score (nSPS) is 15.1. The van der Waals surface area contributed by atoms with Gasteiger partial charge in [0.15, 0.2) is 6.10 Å². The fraction of sp³-hybridized carbons (Fsp3) is 0.350. The molecule has 0 bridgehead atoms. The fourth-order valence-electron chi connectivity index (χ4n) is 2.97. The van der Waals surface area contributed by atoms with Crippen molar-refractivity contribution in [1.82, 2.24) is 4.90 Å². The number of thiophene rings is 1. The Morgan fingerprint density at radius 1 is 1.11 bits per heavy atom. The summed E-state index contributed by atoms with van der Waals surface area (Å²) in [4.78, 5) is 39.3. The minimum Gasteiger partial charge on any atom is -0.449 e. The van der Waals surface area contributed by atoms with Gasteiger partial charge in [-0.1, -0.05) is 12.1 Å². The summed E-state index contributed by atoms with van der Waals surface area (Å²) < 4.78 is 5.34. The zero-order valence-corrected chi connectivity index (χ0v) is 16.0. The molecule has 1 atom stereocenters. The predicted octanol–water partition coefficient (Wildman–Crippen LogP) is 3.56. The van der Waals surface area contributed by atoms with Gasteiger partial charge in [0.25, 0.3) is 11.8 Å². The molecular formula is C20H22N2O4S. The highest BCUT2D eigenvalue weighted by Crippen LogP contribution is 2.17. The summed E-state index contributed by atoms with van der Waals surface area (Å²) in [6.45, 7) is 3.02. The van der Waals surface area contributed by atoms with Crippen LogP contribution in [0.2, 0.25) is 0 Å². The molecule has 0 aliphatic carbocycles. The summed E-state index contributed by atoms with van der Waals surface area (Å²) in [6.07, 6.45) is 2.26. The van der Waals surface area contributed by atoms with Crippen molar-refractivity contribution in [3.63, 3.8) is 0 Å². The summed E-state index contributed by atoms with van der Waals surface area (Å²) in [5.74, 6) is -0.977. The number of hydrogen-bond donors (Lipinski definition) is 1. The lowest BCUT2D eigenvalue weighted by Gasteiger charge is -2.28. The molecule has 2 amide bonds. The highest BCUT2D eigenvalue weighted by molar-refractivity contribution is 7.12. The molecule has 1 aromatic heterocycles. The first-order valence-electron chi connectivity index (χ1n) is 8.99. The Balaban J connectivity index is 1.61. The number of anilines is 1. The van der Waals surface area contributed by atoms with E-state index in [1.54, 1.807) is 48.2 Å². The molecule has 7 heteroatoms. The molecule has 1 aliphatic heterocycles. The van der Waals surface area contributed by atoms with Crippen molar-refractivity contribution < 1.29 is 19.1 Å². The lowest BCUT2D eigenvalue weighted by Crippen LogP contribution is -2.42. The maximum Gasteiger partial charge on any atom is 0.338 e. The lowest BCUT2D eigenvalue weighted by atomic mass is 10.1. The van der Waals surface area contributed by atoms with Crippen molar-refractivity contribution in [2.24, 2.45) is 0 Å². The van der Waals surface area contributed by atoms with Crippen LogP contribution in [0.1, 0.15) is 46.2 Å². The summed E-state index contributed by atoms with van der Waals surface area (Å²) in [5, 5.41) is 4.58. The predicted molar refractivity (Wildman–Crippen MR) is 104 cm³/mol. The van der Waals surface area contributed by atoms with Crippen molar-refractivity contribution in [3.05, 3.63) is 52.2 Å². The minimum atomic E-state index is -0.833. The molecule has 0 spiro atoms. The van der Waals surface area contributed by atoms with E-state index in [1.807, 2.05) is 5.38 Å². The van der Waals surface area contributed by atoms with Gasteiger partial charge in [0.05, 0.1) is 10.4 Å². The van der Waals surface area contributed by atoms with Gasteiger partial charge in [-0.2, -0.15) is 0 Å². The Hall–Kier alpha value is -2.67. The van der Waals surface area contributed by atoms with Crippen molar-refractivity contribution in [1.29, 1.82) is 0 Å². The zero-order chi connectivity index (χ0) is 19.2. The number of carbonyl (C=O) groups excluding carboxylic acids is 3. The third-order valence-electron chi connectivity index (χ3n) is 4.40. The number of piperidine rings is 1. The second-order valence-electron chi connectivity index (χ2n) is 6.45. The highest BCUT2D eigenvalue weighted by Gasteiger charge is 2.25. The fourth-order valence-corrected chi connectivity index (χ4v) is 3.59. The minimum absolute atomic E-state index is 0.162. The number of esters is 1. The maximum atomic E-state index is 12.4. The Kier molecular flexibility index (Phi) is 6.24. The van der Waals surface area contributed by atoms with Gasteiger partial charge in [0.1, 0.15) is 0 Å². The Bertz CT molecular complexity index is 813. The average molecular weight is 386 g/mol. The first-order chi connectivity index (χ1) is 13.0. The van der Waals surface area contributed by atoms with Crippen molar-refractivity contribution in [2.45, 2.75) is 32.3 Å². The van der Waals surface area contributed by atoms with E-state index in [-0.39, 0.29) is 17.4 Å². The largest absolute Gasteiger partial charge is 0.449 e. The zero-order valence-electron chi connectivity index (χ0n) is 15.1. The molecule has 142 valence electrons. The molecule has 1 aromatic carbocycles. The van der Waals surface area contributed by atoms with Crippen LogP contribution in [0.5, 0.6) is 0 Å². The van der Waals surface area contributed by atoms with Gasteiger partial charge in [-0.3, -0.25) is 9.59 Å². The molecule has 2 aromatic rings. The van der Waals surface area contributed by atoms with Crippen molar-refractivity contribution >= 4 is 34.8 Å². The van der Waals surface area contributed by atoms with E-state index in [0.717, 1.165) is 19.3 Å². The third-order valence-corrected chi connectivity index (χ3v) is 5.27. The van der Waals surface area contributed by atoms with Gasteiger partial charge >= 0.3 is 5.97 Å². The molecule has 2 heterocycles. The SMILES string of the molecule is C[C@H](OC(=O)c1cccc(NC(=O)c2cccs2)c1)C(=O)N1CCCCC1. The van der Waals surface area contributed by atoms with Crippen molar-refractivity contribution in [3.8, 4) is 0 Å². The molecule has 1 saturated heterocycles. The Labute approximate surface area is 162 Å². The van der Waals surface area contributed by atoms with Gasteiger partial charge in [-0.25, -0.2) is 4.79 Å². The number of ether oxygens (including phenoxy) is 1. The van der Waals surface area contributed by atoms with Crippen LogP contribution in [0.3, 0.4) is 0 Å². The molecular weight excluding hydrogens is 364 g/mol. The summed E-state index contributed by atoms with van der Waals surface area (Å²) in [7, 11) is 0. The van der Waals surface area contributed by atoms with Crippen LogP contribution in [-0.2, 0) is 9.53 Å². The number of benzene rings is 1. The van der Waals surface area contributed by atoms with Crippen LogP contribution in [0.15, 0.2) is 41.8 Å². The Morgan fingerprint density at radius 3 is 2.59 bits per heavy atom. The number of hydrogen-bond acceptors (Lipinski definition) is 5. The topological polar surface area (TPSA) is 75.7 Å². The molecule has 0 saturated carbocycles. The first kappa shape index (κ1) is 19.1. The van der Waals surface area contributed by atoms with Gasteiger partial charge in [0, 0.05) is 18.8 Å². The maximum absolute atomic E-state index is 12.4. The quantitative estimate of drug-likeness (QED) is 0.797. The van der Waals surface area contributed by atoms with Gasteiger partial charge in [0.2, 0.25) is 0 Å². The van der Waals surface area contributed by atoms with E-state index in [9.17, 15) is 14.4 Å². The first-order valence-corrected chi connectivity index (χ1v) is 9.87. The highest BCUT2D eigenvalue weighted by atomic mass is 32.1. The molecule has 1 fully saturated rings. The van der Waals surface area contributed by atoms with Crippen LogP contribution in [0.4, 0.5) is 5.69 Å². The molecule has 0 radical (unpaired) electrons. The number of carbonyl (C=O) groups is 3. The number of likely N-dealkylation sites (tertiary alicyclic amines) is 1. The van der Waals surface area contributed by atoms with E-state index < -0.39 is 12.1 Å². The smallest absolute Gasteiger partial charge is 0.338 e. The van der Waals surface area contributed by atoms with Gasteiger partial charge in [-0.15, -0.1) is 11.3 Å². The average Bonchev–Trinajstić information content (AvgIpc) is 3.23. The third kappa shape index (κ3) is 4.95. The van der Waals surface area contributed by atoms with Gasteiger partial charge < -0.3 is 15.0 Å². The van der Waals surface area contributed by atoms with Crippen LogP contribution in [-0.4, -0.2) is 41.9 Å². The van der Waals surface area contributed by atoms with E-state index in [2.05, 4.69) is 5.32 Å². The number of nitrogens with zero attached hydrogens (tertiary/aromatic N) is 1. The van der Waals surface area contributed by atoms with Crippen LogP contribution in [0.25, 0.3) is 0 Å². The van der Waals surface area contributed by atoms with E-state index >= 15 is 0 Å². The molecule has 27 heavy (non-hydrogen) atoms. The van der Waals surface area contributed by atoms with Crippen LogP contribution >= 0.6 is 11.3 Å². The summed E-state index contributed by atoms with van der Waals surface area (Å²) >= 11 is 1.34. The second kappa shape index (κ2) is 8.81. The summed E-state index contributed by atoms with van der Waals surface area (Å²) in [5.41, 5.74) is 0.787.